The molecule has 3 amide bonds. The third-order valence-corrected chi connectivity index (χ3v) is 6.88. The first-order valence-electron chi connectivity index (χ1n) is 14.6. The number of nitrogens with one attached hydrogen (secondary N) is 2. The molecule has 1 heterocycles. The number of carbonyl (C=O) groups excluding carboxylic acids is 4. The van der Waals surface area contributed by atoms with Crippen molar-refractivity contribution in [3.63, 3.8) is 0 Å². The van der Waals surface area contributed by atoms with Crippen LogP contribution in [0.4, 0.5) is 4.79 Å². The van der Waals surface area contributed by atoms with Crippen molar-refractivity contribution in [1.29, 1.82) is 0 Å². The second-order valence-corrected chi connectivity index (χ2v) is 12.5. The zero-order valence-electron chi connectivity index (χ0n) is 25.9. The van der Waals surface area contributed by atoms with E-state index in [9.17, 15) is 19.2 Å². The molecule has 41 heavy (non-hydrogen) atoms. The number of likely N-dealkylation sites (tertiary alicyclic amines) is 1. The standard InChI is InChI=1S/C32H49N3O6/c1-21(2)19-25(33-31(39)41-32(5,6)7)17-16-24(20-23-13-10-9-11-14-23)29(37)35-18-12-15-26(35)28(36)34-27(22(3)4)30(38)40-8/h9-11,13-14,16-17,21-22,24-27H,12,15,18-20H2,1-8H3,(H,33,39)(H,34,36)/b17-16+/t24-,25-,26?,27?/m1/s1. The van der Waals surface area contributed by atoms with Gasteiger partial charge in [0.05, 0.1) is 19.1 Å². The number of hydrogen-bond acceptors (Lipinski definition) is 6. The molecule has 1 aromatic rings. The van der Waals surface area contributed by atoms with Gasteiger partial charge in [-0.2, -0.15) is 0 Å². The van der Waals surface area contributed by atoms with Crippen molar-refractivity contribution in [2.45, 2.75) is 97.9 Å². The first-order valence-corrected chi connectivity index (χ1v) is 14.6. The molecule has 9 heteroatoms. The van der Waals surface area contributed by atoms with Gasteiger partial charge in [-0.15, -0.1) is 0 Å². The Morgan fingerprint density at radius 2 is 1.68 bits per heavy atom. The third kappa shape index (κ3) is 11.2. The van der Waals surface area contributed by atoms with Gasteiger partial charge in [-0.1, -0.05) is 70.2 Å². The van der Waals surface area contributed by atoms with Crippen LogP contribution in [0.1, 0.15) is 73.3 Å². The van der Waals surface area contributed by atoms with Crippen molar-refractivity contribution in [2.24, 2.45) is 17.8 Å². The lowest BCUT2D eigenvalue weighted by molar-refractivity contribution is -0.147. The minimum atomic E-state index is -0.791. The molecule has 1 aliphatic heterocycles. The minimum Gasteiger partial charge on any atom is -0.467 e. The molecule has 9 nitrogen and oxygen atoms in total. The first kappa shape index (κ1) is 33.8. The number of carbonyl (C=O) groups is 4. The number of alkyl carbamates (subject to hydrolysis) is 1. The summed E-state index contributed by atoms with van der Waals surface area (Å²) in [5.41, 5.74) is 0.359. The van der Waals surface area contributed by atoms with Gasteiger partial charge in [0, 0.05) is 6.54 Å². The molecule has 1 saturated heterocycles. The summed E-state index contributed by atoms with van der Waals surface area (Å²) in [6.45, 7) is 13.7. The van der Waals surface area contributed by atoms with Crippen molar-refractivity contribution in [1.82, 2.24) is 15.5 Å². The molecule has 228 valence electrons. The van der Waals surface area contributed by atoms with Crippen LogP contribution >= 0.6 is 0 Å². The van der Waals surface area contributed by atoms with Gasteiger partial charge >= 0.3 is 12.1 Å². The molecule has 1 fully saturated rings. The van der Waals surface area contributed by atoms with Crippen molar-refractivity contribution in [3.05, 3.63) is 48.0 Å². The summed E-state index contributed by atoms with van der Waals surface area (Å²) >= 11 is 0. The van der Waals surface area contributed by atoms with Crippen LogP contribution in [0, 0.1) is 17.8 Å². The van der Waals surface area contributed by atoms with Gasteiger partial charge in [0.25, 0.3) is 0 Å². The predicted molar refractivity (Wildman–Crippen MR) is 159 cm³/mol. The number of amides is 3. The Morgan fingerprint density at radius 1 is 1.02 bits per heavy atom. The molecule has 0 aliphatic carbocycles. The SMILES string of the molecule is COC(=O)C(NC(=O)C1CCCN1C(=O)[C@H](/C=C/[C@H](CC(C)C)NC(=O)OC(C)(C)C)Cc1ccccc1)C(C)C. The lowest BCUT2D eigenvalue weighted by atomic mass is 9.94. The molecule has 0 spiro atoms. The monoisotopic (exact) mass is 571 g/mol. The molecule has 1 aromatic carbocycles. The Morgan fingerprint density at radius 3 is 2.24 bits per heavy atom. The van der Waals surface area contributed by atoms with Gasteiger partial charge in [-0.25, -0.2) is 9.59 Å². The highest BCUT2D eigenvalue weighted by Crippen LogP contribution is 2.24. The van der Waals surface area contributed by atoms with Gasteiger partial charge < -0.3 is 25.0 Å². The van der Waals surface area contributed by atoms with Crippen LogP contribution < -0.4 is 10.6 Å². The van der Waals surface area contributed by atoms with E-state index in [-0.39, 0.29) is 23.8 Å². The predicted octanol–water partition coefficient (Wildman–Crippen LogP) is 4.65. The van der Waals surface area contributed by atoms with E-state index in [4.69, 9.17) is 9.47 Å². The zero-order valence-corrected chi connectivity index (χ0v) is 25.9. The van der Waals surface area contributed by atoms with E-state index in [1.807, 2.05) is 77.1 Å². The average molecular weight is 572 g/mol. The fraction of sp³-hybridized carbons (Fsp3) is 0.625. The van der Waals surface area contributed by atoms with E-state index >= 15 is 0 Å². The Bertz CT molecular complexity index is 1050. The Kier molecular flexibility index (Phi) is 12.9. The summed E-state index contributed by atoms with van der Waals surface area (Å²) in [6.07, 6.45) is 5.51. The second-order valence-electron chi connectivity index (χ2n) is 12.5. The van der Waals surface area contributed by atoms with Crippen LogP contribution in [-0.2, 0) is 30.3 Å². The molecular formula is C32H49N3O6. The molecule has 2 unspecified atom stereocenters. The summed E-state index contributed by atoms with van der Waals surface area (Å²) in [7, 11) is 1.29. The van der Waals surface area contributed by atoms with E-state index in [0.29, 0.717) is 38.1 Å². The van der Waals surface area contributed by atoms with E-state index < -0.39 is 35.7 Å². The molecule has 4 atom stereocenters. The van der Waals surface area contributed by atoms with Crippen LogP contribution in [0.5, 0.6) is 0 Å². The van der Waals surface area contributed by atoms with Crippen LogP contribution in [0.25, 0.3) is 0 Å². The van der Waals surface area contributed by atoms with Gasteiger partial charge in [0.2, 0.25) is 11.8 Å². The summed E-state index contributed by atoms with van der Waals surface area (Å²) in [5.74, 6) is -1.46. The molecule has 0 saturated carbocycles. The maximum absolute atomic E-state index is 14.0. The fourth-order valence-electron chi connectivity index (χ4n) is 4.92. The quantitative estimate of drug-likeness (QED) is 0.279. The number of hydrogen-bond donors (Lipinski definition) is 2. The first-order chi connectivity index (χ1) is 19.2. The van der Waals surface area contributed by atoms with Crippen molar-refractivity contribution in [2.75, 3.05) is 13.7 Å². The van der Waals surface area contributed by atoms with Crippen LogP contribution in [-0.4, -0.2) is 66.2 Å². The molecule has 0 bridgehead atoms. The molecule has 2 N–H and O–H groups in total. The average Bonchev–Trinajstić information content (AvgIpc) is 3.37. The van der Waals surface area contributed by atoms with Gasteiger partial charge in [0.1, 0.15) is 17.7 Å². The topological polar surface area (TPSA) is 114 Å². The highest BCUT2D eigenvalue weighted by atomic mass is 16.6. The Labute approximate surface area is 245 Å². The molecule has 2 rings (SSSR count). The number of methoxy groups -OCH3 is 1. The van der Waals surface area contributed by atoms with Gasteiger partial charge in [-0.05, 0) is 63.9 Å². The van der Waals surface area contributed by atoms with Crippen molar-refractivity contribution in [3.8, 4) is 0 Å². The molecular weight excluding hydrogens is 522 g/mol. The number of rotatable bonds is 12. The zero-order chi connectivity index (χ0) is 30.7. The Hall–Kier alpha value is -3.36. The summed E-state index contributed by atoms with van der Waals surface area (Å²) in [5, 5.41) is 5.73. The molecule has 0 aromatic heterocycles. The lowest BCUT2D eigenvalue weighted by Crippen LogP contribution is -2.53. The van der Waals surface area contributed by atoms with E-state index in [2.05, 4.69) is 24.5 Å². The summed E-state index contributed by atoms with van der Waals surface area (Å²) < 4.78 is 10.3. The number of nitrogens with zero attached hydrogens (tertiary/aromatic N) is 1. The number of ether oxygens (including phenoxy) is 2. The molecule has 0 radical (unpaired) electrons. The smallest absolute Gasteiger partial charge is 0.408 e. The van der Waals surface area contributed by atoms with E-state index in [1.165, 1.54) is 7.11 Å². The van der Waals surface area contributed by atoms with Crippen molar-refractivity contribution >= 4 is 23.9 Å². The van der Waals surface area contributed by atoms with Crippen LogP contribution in [0.15, 0.2) is 42.5 Å². The fourth-order valence-corrected chi connectivity index (χ4v) is 4.92. The number of benzene rings is 1. The maximum atomic E-state index is 14.0. The molecule has 1 aliphatic rings. The maximum Gasteiger partial charge on any atom is 0.408 e. The van der Waals surface area contributed by atoms with Crippen LogP contribution in [0.2, 0.25) is 0 Å². The third-order valence-electron chi connectivity index (χ3n) is 6.88. The summed E-state index contributed by atoms with van der Waals surface area (Å²) in [6, 6.07) is 7.92. The van der Waals surface area contributed by atoms with Gasteiger partial charge in [0.15, 0.2) is 0 Å². The minimum absolute atomic E-state index is 0.164. The highest BCUT2D eigenvalue weighted by molar-refractivity contribution is 5.92. The normalized spacial score (nSPS) is 17.8. The summed E-state index contributed by atoms with van der Waals surface area (Å²) in [4.78, 5) is 53.7. The number of esters is 1. The van der Waals surface area contributed by atoms with Crippen molar-refractivity contribution < 1.29 is 28.7 Å². The lowest BCUT2D eigenvalue weighted by Gasteiger charge is -2.29. The Balaban J connectivity index is 2.31. The highest BCUT2D eigenvalue weighted by Gasteiger charge is 2.38. The van der Waals surface area contributed by atoms with E-state index in [0.717, 1.165) is 5.56 Å². The second kappa shape index (κ2) is 15.6. The largest absolute Gasteiger partial charge is 0.467 e. The van der Waals surface area contributed by atoms with E-state index in [1.54, 1.807) is 4.90 Å². The van der Waals surface area contributed by atoms with Gasteiger partial charge in [-0.3, -0.25) is 9.59 Å². The van der Waals surface area contributed by atoms with Crippen LogP contribution in [0.3, 0.4) is 0 Å².